The van der Waals surface area contributed by atoms with E-state index >= 15 is 0 Å². The summed E-state index contributed by atoms with van der Waals surface area (Å²) in [4.78, 5) is 14.5. The van der Waals surface area contributed by atoms with Gasteiger partial charge in [-0.3, -0.25) is 9.69 Å². The van der Waals surface area contributed by atoms with Crippen LogP contribution in [0.5, 0.6) is 0 Å². The summed E-state index contributed by atoms with van der Waals surface area (Å²) in [7, 11) is 0. The van der Waals surface area contributed by atoms with Crippen molar-refractivity contribution >= 4 is 17.4 Å². The molecule has 0 saturated carbocycles. The lowest BCUT2D eigenvalue weighted by molar-refractivity contribution is 0.0799. The third-order valence-corrected chi connectivity index (χ3v) is 4.06. The molecule has 1 heterocycles. The third-order valence-electron chi connectivity index (χ3n) is 3.73. The normalized spacial score (nSPS) is 20.4. The summed E-state index contributed by atoms with van der Waals surface area (Å²) in [5.41, 5.74) is 0.595. The predicted molar refractivity (Wildman–Crippen MR) is 76.7 cm³/mol. The summed E-state index contributed by atoms with van der Waals surface area (Å²) in [6, 6.07) is 7.51. The van der Waals surface area contributed by atoms with Crippen LogP contribution in [0, 0.1) is 0 Å². The molecule has 1 aliphatic heterocycles. The zero-order valence-electron chi connectivity index (χ0n) is 11.0. The van der Waals surface area contributed by atoms with Crippen LogP contribution in [-0.2, 0) is 0 Å². The molecular weight excluding hydrogens is 262 g/mol. The summed E-state index contributed by atoms with van der Waals surface area (Å²) in [6.07, 6.45) is 4.12. The van der Waals surface area contributed by atoms with Crippen molar-refractivity contribution in [2.75, 3.05) is 19.7 Å². The molecule has 2 rings (SSSR count). The maximum Gasteiger partial charge on any atom is 0.178 e. The Hall–Kier alpha value is -0.900. The highest BCUT2D eigenvalue weighted by atomic mass is 35.5. The summed E-state index contributed by atoms with van der Waals surface area (Å²) >= 11 is 6.05. The number of carbonyl (C=O) groups is 1. The van der Waals surface area contributed by atoms with Crippen LogP contribution in [0.25, 0.3) is 0 Å². The van der Waals surface area contributed by atoms with Gasteiger partial charge in [0.25, 0.3) is 0 Å². The van der Waals surface area contributed by atoms with E-state index in [-0.39, 0.29) is 12.4 Å². The number of rotatable bonds is 5. The minimum Gasteiger partial charge on any atom is -0.396 e. The molecular formula is C15H20ClNO2. The number of Topliss-reactive ketones (excluding diaryl/α,β-unsaturated/α-hetero) is 1. The van der Waals surface area contributed by atoms with E-state index in [2.05, 4.69) is 4.90 Å². The van der Waals surface area contributed by atoms with Gasteiger partial charge in [0.05, 0.1) is 11.6 Å². The van der Waals surface area contributed by atoms with Gasteiger partial charge in [0.15, 0.2) is 5.78 Å². The number of piperidine rings is 1. The van der Waals surface area contributed by atoms with Crippen molar-refractivity contribution in [2.45, 2.75) is 31.7 Å². The highest BCUT2D eigenvalue weighted by molar-refractivity contribution is 6.34. The van der Waals surface area contributed by atoms with Crippen molar-refractivity contribution in [3.63, 3.8) is 0 Å². The Bertz CT molecular complexity index is 434. The molecule has 104 valence electrons. The highest BCUT2D eigenvalue weighted by Gasteiger charge is 2.24. The van der Waals surface area contributed by atoms with Crippen LogP contribution in [0.3, 0.4) is 0 Å². The Kier molecular flexibility index (Phi) is 5.37. The number of halogens is 1. The fourth-order valence-corrected chi connectivity index (χ4v) is 2.94. The minimum atomic E-state index is 0.0652. The number of benzene rings is 1. The quantitative estimate of drug-likeness (QED) is 0.844. The molecule has 0 amide bonds. The number of hydrogen-bond donors (Lipinski definition) is 1. The molecule has 4 heteroatoms. The molecule has 3 nitrogen and oxygen atoms in total. The van der Waals surface area contributed by atoms with Gasteiger partial charge in [0, 0.05) is 18.2 Å². The van der Waals surface area contributed by atoms with E-state index in [1.165, 1.54) is 6.42 Å². The first-order valence-corrected chi connectivity index (χ1v) is 7.23. The second-order valence-corrected chi connectivity index (χ2v) is 5.44. The molecule has 0 aliphatic carbocycles. The SMILES string of the molecule is O=C(CN1CCCCC1CCO)c1ccccc1Cl. The maximum absolute atomic E-state index is 12.3. The number of aliphatic hydroxyl groups excluding tert-OH is 1. The van der Waals surface area contributed by atoms with Crippen LogP contribution in [0.15, 0.2) is 24.3 Å². The Balaban J connectivity index is 2.03. The molecule has 19 heavy (non-hydrogen) atoms. The molecule has 1 unspecified atom stereocenters. The monoisotopic (exact) mass is 281 g/mol. The predicted octanol–water partition coefficient (Wildman–Crippen LogP) is 2.76. The van der Waals surface area contributed by atoms with E-state index in [4.69, 9.17) is 16.7 Å². The summed E-state index contributed by atoms with van der Waals surface area (Å²) in [6.45, 7) is 1.51. The average Bonchev–Trinajstić information content (AvgIpc) is 2.41. The van der Waals surface area contributed by atoms with Gasteiger partial charge in [-0.2, -0.15) is 0 Å². The Morgan fingerprint density at radius 3 is 2.89 bits per heavy atom. The summed E-state index contributed by atoms with van der Waals surface area (Å²) in [5, 5.41) is 9.62. The zero-order chi connectivity index (χ0) is 13.7. The number of ketones is 1. The first kappa shape index (κ1) is 14.5. The van der Waals surface area contributed by atoms with Gasteiger partial charge in [-0.25, -0.2) is 0 Å². The summed E-state index contributed by atoms with van der Waals surface area (Å²) < 4.78 is 0. The third kappa shape index (κ3) is 3.78. The topological polar surface area (TPSA) is 40.5 Å². The fraction of sp³-hybridized carbons (Fsp3) is 0.533. The van der Waals surface area contributed by atoms with Crippen LogP contribution in [0.4, 0.5) is 0 Å². The Morgan fingerprint density at radius 2 is 2.16 bits per heavy atom. The van der Waals surface area contributed by atoms with Crippen molar-refractivity contribution in [3.05, 3.63) is 34.9 Å². The first-order chi connectivity index (χ1) is 9.22. The van der Waals surface area contributed by atoms with E-state index in [0.717, 1.165) is 25.8 Å². The van der Waals surface area contributed by atoms with Crippen LogP contribution in [-0.4, -0.2) is 41.5 Å². The highest BCUT2D eigenvalue weighted by Crippen LogP contribution is 2.21. The standard InChI is InChI=1S/C15H20ClNO2/c16-14-7-2-1-6-13(14)15(19)11-17-9-4-3-5-12(17)8-10-18/h1-2,6-7,12,18H,3-5,8-11H2. The smallest absolute Gasteiger partial charge is 0.178 e. The fourth-order valence-electron chi connectivity index (χ4n) is 2.70. The molecule has 1 aromatic carbocycles. The van der Waals surface area contributed by atoms with Crippen molar-refractivity contribution in [3.8, 4) is 0 Å². The van der Waals surface area contributed by atoms with E-state index in [1.54, 1.807) is 12.1 Å². The lowest BCUT2D eigenvalue weighted by Gasteiger charge is -2.35. The van der Waals surface area contributed by atoms with Crippen LogP contribution in [0.2, 0.25) is 5.02 Å². The molecule has 1 fully saturated rings. The van der Waals surface area contributed by atoms with Crippen LogP contribution < -0.4 is 0 Å². The number of nitrogens with zero attached hydrogens (tertiary/aromatic N) is 1. The van der Waals surface area contributed by atoms with Gasteiger partial charge in [-0.05, 0) is 37.9 Å². The second-order valence-electron chi connectivity index (χ2n) is 5.04. The number of likely N-dealkylation sites (tertiary alicyclic amines) is 1. The van der Waals surface area contributed by atoms with Gasteiger partial charge in [-0.15, -0.1) is 0 Å². The van der Waals surface area contributed by atoms with Gasteiger partial charge in [-0.1, -0.05) is 30.2 Å². The van der Waals surface area contributed by atoms with Crippen LogP contribution >= 0.6 is 11.6 Å². The zero-order valence-corrected chi connectivity index (χ0v) is 11.8. The molecule has 1 saturated heterocycles. The molecule has 1 aliphatic rings. The molecule has 1 N–H and O–H groups in total. The lowest BCUT2D eigenvalue weighted by Crippen LogP contribution is -2.43. The van der Waals surface area contributed by atoms with Gasteiger partial charge < -0.3 is 5.11 Å². The number of aliphatic hydroxyl groups is 1. The van der Waals surface area contributed by atoms with Crippen molar-refractivity contribution in [2.24, 2.45) is 0 Å². The Morgan fingerprint density at radius 1 is 1.37 bits per heavy atom. The Labute approximate surface area is 119 Å². The number of carbonyl (C=O) groups excluding carboxylic acids is 1. The first-order valence-electron chi connectivity index (χ1n) is 6.85. The summed E-state index contributed by atoms with van der Waals surface area (Å²) in [5.74, 6) is 0.0652. The molecule has 0 spiro atoms. The molecule has 1 atom stereocenters. The van der Waals surface area contributed by atoms with E-state index in [1.807, 2.05) is 12.1 Å². The van der Waals surface area contributed by atoms with Gasteiger partial charge >= 0.3 is 0 Å². The van der Waals surface area contributed by atoms with Crippen molar-refractivity contribution in [1.82, 2.24) is 4.90 Å². The van der Waals surface area contributed by atoms with Crippen molar-refractivity contribution in [1.29, 1.82) is 0 Å². The van der Waals surface area contributed by atoms with E-state index < -0.39 is 0 Å². The molecule has 0 radical (unpaired) electrons. The van der Waals surface area contributed by atoms with E-state index in [9.17, 15) is 4.79 Å². The van der Waals surface area contributed by atoms with Crippen molar-refractivity contribution < 1.29 is 9.90 Å². The second kappa shape index (κ2) is 7.04. The largest absolute Gasteiger partial charge is 0.396 e. The van der Waals surface area contributed by atoms with E-state index in [0.29, 0.717) is 23.2 Å². The maximum atomic E-state index is 12.3. The molecule has 0 aromatic heterocycles. The minimum absolute atomic E-state index is 0.0652. The van der Waals surface area contributed by atoms with Gasteiger partial charge in [0.2, 0.25) is 0 Å². The number of hydrogen-bond acceptors (Lipinski definition) is 3. The van der Waals surface area contributed by atoms with Crippen LogP contribution in [0.1, 0.15) is 36.0 Å². The van der Waals surface area contributed by atoms with Gasteiger partial charge in [0.1, 0.15) is 0 Å². The average molecular weight is 282 g/mol. The molecule has 0 bridgehead atoms. The lowest BCUT2D eigenvalue weighted by atomic mass is 9.98. The molecule has 1 aromatic rings.